The summed E-state index contributed by atoms with van der Waals surface area (Å²) in [5.74, 6) is 0.756. The van der Waals surface area contributed by atoms with E-state index in [2.05, 4.69) is 9.88 Å². The van der Waals surface area contributed by atoms with E-state index >= 15 is 0 Å². The number of oxazole rings is 1. The lowest BCUT2D eigenvalue weighted by Gasteiger charge is -2.26. The van der Waals surface area contributed by atoms with Crippen LogP contribution in [0.25, 0.3) is 0 Å². The third kappa shape index (κ3) is 4.32. The predicted octanol–water partition coefficient (Wildman–Crippen LogP) is 3.91. The maximum Gasteiger partial charge on any atom is 0.417 e. The van der Waals surface area contributed by atoms with E-state index in [0.29, 0.717) is 38.5 Å². The molecule has 0 spiro atoms. The monoisotopic (exact) mass is 381 g/mol. The normalized spacial score (nSPS) is 17.6. The summed E-state index contributed by atoms with van der Waals surface area (Å²) < 4.78 is 45.2. The second-order valence-corrected chi connectivity index (χ2v) is 6.71. The molecule has 0 N–H and O–H groups in total. The number of rotatable bonds is 3. The van der Waals surface area contributed by atoms with Crippen LogP contribution in [0.2, 0.25) is 0 Å². The van der Waals surface area contributed by atoms with Gasteiger partial charge < -0.3 is 9.32 Å². The van der Waals surface area contributed by atoms with Crippen molar-refractivity contribution in [1.29, 1.82) is 0 Å². The fourth-order valence-electron chi connectivity index (χ4n) is 3.34. The van der Waals surface area contributed by atoms with Gasteiger partial charge in [0.25, 0.3) is 5.91 Å². The molecule has 2 aromatic rings. The van der Waals surface area contributed by atoms with E-state index in [-0.39, 0.29) is 11.6 Å². The molecule has 1 fully saturated rings. The van der Waals surface area contributed by atoms with E-state index in [1.165, 1.54) is 23.1 Å². The Hall–Kier alpha value is -2.35. The maximum absolute atomic E-state index is 13.2. The molecule has 8 heteroatoms. The van der Waals surface area contributed by atoms with Crippen molar-refractivity contribution >= 4 is 5.91 Å². The number of aryl methyl sites for hydroxylation is 1. The SMILES string of the molecule is Cc1cnc(C(C)N2CCCN(C(=O)c3ccccc3C(F)(F)F)CC2)o1. The van der Waals surface area contributed by atoms with Crippen molar-refractivity contribution in [2.45, 2.75) is 32.5 Å². The molecular formula is C19H22F3N3O2. The van der Waals surface area contributed by atoms with Crippen molar-refractivity contribution in [2.24, 2.45) is 0 Å². The summed E-state index contributed by atoms with van der Waals surface area (Å²) in [4.78, 5) is 20.6. The second-order valence-electron chi connectivity index (χ2n) is 6.71. The summed E-state index contributed by atoms with van der Waals surface area (Å²) in [5.41, 5.74) is -1.19. The number of aromatic nitrogens is 1. The summed E-state index contributed by atoms with van der Waals surface area (Å²) in [6.07, 6.45) is -2.22. The van der Waals surface area contributed by atoms with Gasteiger partial charge in [-0.1, -0.05) is 12.1 Å². The minimum absolute atomic E-state index is 0.0591. The Morgan fingerprint density at radius 2 is 1.93 bits per heavy atom. The molecule has 1 atom stereocenters. The van der Waals surface area contributed by atoms with Crippen molar-refractivity contribution in [3.8, 4) is 0 Å². The molecule has 0 radical (unpaired) electrons. The fourth-order valence-corrected chi connectivity index (χ4v) is 3.34. The van der Waals surface area contributed by atoms with E-state index in [1.807, 2.05) is 13.8 Å². The number of amides is 1. The van der Waals surface area contributed by atoms with Gasteiger partial charge in [-0.15, -0.1) is 0 Å². The fraction of sp³-hybridized carbons (Fsp3) is 0.474. The zero-order chi connectivity index (χ0) is 19.6. The Bertz CT molecular complexity index is 803. The van der Waals surface area contributed by atoms with Crippen LogP contribution in [0, 0.1) is 6.92 Å². The molecule has 1 saturated heterocycles. The zero-order valence-corrected chi connectivity index (χ0v) is 15.3. The van der Waals surface area contributed by atoms with Crippen LogP contribution in [0.3, 0.4) is 0 Å². The Kier molecular flexibility index (Phi) is 5.55. The number of nitrogens with zero attached hydrogens (tertiary/aromatic N) is 3. The van der Waals surface area contributed by atoms with E-state index < -0.39 is 17.6 Å². The topological polar surface area (TPSA) is 49.6 Å². The summed E-state index contributed by atoms with van der Waals surface area (Å²) >= 11 is 0. The number of benzene rings is 1. The molecule has 5 nitrogen and oxygen atoms in total. The van der Waals surface area contributed by atoms with Crippen LogP contribution in [0.5, 0.6) is 0 Å². The third-order valence-electron chi connectivity index (χ3n) is 4.82. The third-order valence-corrected chi connectivity index (χ3v) is 4.82. The van der Waals surface area contributed by atoms with Gasteiger partial charge >= 0.3 is 6.18 Å². The number of alkyl halides is 3. The average molecular weight is 381 g/mol. The molecule has 3 rings (SSSR count). The van der Waals surface area contributed by atoms with Gasteiger partial charge in [-0.25, -0.2) is 4.98 Å². The minimum Gasteiger partial charge on any atom is -0.444 e. The van der Waals surface area contributed by atoms with Gasteiger partial charge in [0.1, 0.15) is 5.76 Å². The van der Waals surface area contributed by atoms with Crippen molar-refractivity contribution < 1.29 is 22.4 Å². The standard InChI is InChI=1S/C19H22F3N3O2/c1-13-12-23-17(27-13)14(2)24-8-5-9-25(11-10-24)18(26)15-6-3-4-7-16(15)19(20,21)22/h3-4,6-7,12,14H,5,8-11H2,1-2H3. The Morgan fingerprint density at radius 1 is 1.19 bits per heavy atom. The average Bonchev–Trinajstić information content (AvgIpc) is 2.92. The highest BCUT2D eigenvalue weighted by atomic mass is 19.4. The van der Waals surface area contributed by atoms with Crippen LogP contribution in [-0.2, 0) is 6.18 Å². The molecule has 1 unspecified atom stereocenters. The molecule has 146 valence electrons. The number of hydrogen-bond donors (Lipinski definition) is 0. The van der Waals surface area contributed by atoms with Crippen molar-refractivity contribution in [2.75, 3.05) is 26.2 Å². The smallest absolute Gasteiger partial charge is 0.417 e. The highest BCUT2D eigenvalue weighted by Crippen LogP contribution is 2.32. The number of carbonyl (C=O) groups is 1. The van der Waals surface area contributed by atoms with Gasteiger partial charge in [0.05, 0.1) is 23.4 Å². The summed E-state index contributed by atoms with van der Waals surface area (Å²) in [7, 11) is 0. The first kappa shape index (κ1) is 19.4. The van der Waals surface area contributed by atoms with Gasteiger partial charge in [-0.3, -0.25) is 9.69 Å². The van der Waals surface area contributed by atoms with Gasteiger partial charge in [0.15, 0.2) is 0 Å². The lowest BCUT2D eigenvalue weighted by atomic mass is 10.1. The highest BCUT2D eigenvalue weighted by molar-refractivity contribution is 5.96. The van der Waals surface area contributed by atoms with E-state index in [9.17, 15) is 18.0 Å². The van der Waals surface area contributed by atoms with Crippen LogP contribution in [0.1, 0.15) is 47.0 Å². The molecule has 1 aliphatic rings. The van der Waals surface area contributed by atoms with Crippen molar-refractivity contribution in [1.82, 2.24) is 14.8 Å². The van der Waals surface area contributed by atoms with Crippen LogP contribution in [0.4, 0.5) is 13.2 Å². The summed E-state index contributed by atoms with van der Waals surface area (Å²) in [6.45, 7) is 5.83. The molecule has 27 heavy (non-hydrogen) atoms. The Balaban J connectivity index is 1.72. The lowest BCUT2D eigenvalue weighted by molar-refractivity contribution is -0.138. The Labute approximate surface area is 155 Å². The molecule has 0 saturated carbocycles. The van der Waals surface area contributed by atoms with E-state index in [0.717, 1.165) is 11.8 Å². The first-order valence-corrected chi connectivity index (χ1v) is 8.89. The zero-order valence-electron chi connectivity index (χ0n) is 15.3. The first-order chi connectivity index (χ1) is 12.8. The van der Waals surface area contributed by atoms with Gasteiger partial charge in [-0.05, 0) is 32.4 Å². The Morgan fingerprint density at radius 3 is 2.59 bits per heavy atom. The molecule has 0 aliphatic carbocycles. The van der Waals surface area contributed by atoms with E-state index in [4.69, 9.17) is 4.42 Å². The molecule has 1 amide bonds. The van der Waals surface area contributed by atoms with Gasteiger partial charge in [0, 0.05) is 26.2 Å². The highest BCUT2D eigenvalue weighted by Gasteiger charge is 2.36. The molecule has 1 aromatic heterocycles. The first-order valence-electron chi connectivity index (χ1n) is 8.89. The van der Waals surface area contributed by atoms with Crippen LogP contribution < -0.4 is 0 Å². The van der Waals surface area contributed by atoms with Crippen molar-refractivity contribution in [3.63, 3.8) is 0 Å². The van der Waals surface area contributed by atoms with E-state index in [1.54, 1.807) is 6.20 Å². The van der Waals surface area contributed by atoms with Crippen LogP contribution in [-0.4, -0.2) is 46.9 Å². The van der Waals surface area contributed by atoms with Crippen LogP contribution in [0.15, 0.2) is 34.9 Å². The molecule has 1 aliphatic heterocycles. The summed E-state index contributed by atoms with van der Waals surface area (Å²) in [5, 5.41) is 0. The molecule has 0 bridgehead atoms. The van der Waals surface area contributed by atoms with Crippen LogP contribution >= 0.6 is 0 Å². The molecular weight excluding hydrogens is 359 g/mol. The molecule has 2 heterocycles. The van der Waals surface area contributed by atoms with Gasteiger partial charge in [0.2, 0.25) is 5.89 Å². The number of halogens is 3. The summed E-state index contributed by atoms with van der Waals surface area (Å²) in [6, 6.07) is 4.89. The number of carbonyl (C=O) groups excluding carboxylic acids is 1. The largest absolute Gasteiger partial charge is 0.444 e. The quantitative estimate of drug-likeness (QED) is 0.809. The number of hydrogen-bond acceptors (Lipinski definition) is 4. The van der Waals surface area contributed by atoms with Crippen molar-refractivity contribution in [3.05, 3.63) is 53.2 Å². The minimum atomic E-state index is -4.55. The maximum atomic E-state index is 13.2. The second kappa shape index (κ2) is 7.72. The lowest BCUT2D eigenvalue weighted by Crippen LogP contribution is -2.36. The molecule has 1 aromatic carbocycles. The predicted molar refractivity (Wildman–Crippen MR) is 93.2 cm³/mol. The van der Waals surface area contributed by atoms with Gasteiger partial charge in [-0.2, -0.15) is 13.2 Å².